The molecule has 0 radical (unpaired) electrons. The third-order valence-corrected chi connectivity index (χ3v) is 31.6. The van der Waals surface area contributed by atoms with Crippen LogP contribution in [0.15, 0.2) is 121 Å². The van der Waals surface area contributed by atoms with Crippen molar-refractivity contribution in [2.75, 3.05) is 6.61 Å². The van der Waals surface area contributed by atoms with Crippen LogP contribution < -0.4 is 48.1 Å². The molecule has 2 aliphatic carbocycles. The number of nitrogens with one attached hydrogen (secondary N) is 5. The van der Waals surface area contributed by atoms with Crippen molar-refractivity contribution in [2.24, 2.45) is 5.41 Å². The zero-order chi connectivity index (χ0) is 89.3. The number of benzene rings is 5. The second kappa shape index (κ2) is 50.9. The number of hydrogen-bond acceptors (Lipinski definition) is 20. The van der Waals surface area contributed by atoms with Crippen LogP contribution in [0, 0.1) is 11.2 Å². The van der Waals surface area contributed by atoms with Gasteiger partial charge in [-0.1, -0.05) is 180 Å². The second-order valence-electron chi connectivity index (χ2n) is 31.9. The molecule has 7 rings (SSSR count). The van der Waals surface area contributed by atoms with Crippen molar-refractivity contribution in [3.63, 3.8) is 0 Å². The summed E-state index contributed by atoms with van der Waals surface area (Å²) in [5.41, 5.74) is -1.74. The van der Waals surface area contributed by atoms with Crippen LogP contribution in [0.4, 0.5) is 4.39 Å². The molecule has 5 aromatic rings. The lowest BCUT2D eigenvalue weighted by atomic mass is 9.98. The summed E-state index contributed by atoms with van der Waals surface area (Å²) < 4.78 is 133. The van der Waals surface area contributed by atoms with Crippen molar-refractivity contribution in [2.45, 2.75) is 299 Å². The van der Waals surface area contributed by atoms with E-state index in [0.717, 1.165) is 51.4 Å². The van der Waals surface area contributed by atoms with Gasteiger partial charge in [0.05, 0.1) is 62.2 Å². The van der Waals surface area contributed by atoms with E-state index in [2.05, 4.69) is 25.4 Å². The van der Waals surface area contributed by atoms with E-state index in [4.69, 9.17) is 92.7 Å². The number of ether oxygens (including phenoxy) is 5. The number of carbonyl (C=O) groups is 5. The molecule has 5 unspecified atom stereocenters. The quantitative estimate of drug-likeness (QED) is 0.0143. The van der Waals surface area contributed by atoms with Crippen LogP contribution >= 0.6 is 84.0 Å². The van der Waals surface area contributed by atoms with E-state index in [-0.39, 0.29) is 64.1 Å². The third kappa shape index (κ3) is 38.9. The van der Waals surface area contributed by atoms with E-state index >= 15 is 0 Å². The van der Waals surface area contributed by atoms with Crippen molar-refractivity contribution in [1.82, 2.24) is 25.4 Å². The fraction of sp³-hybridized carbons (Fsp3) is 0.578. The van der Waals surface area contributed by atoms with Crippen molar-refractivity contribution >= 4 is 114 Å². The number of halogens is 5. The lowest BCUT2D eigenvalue weighted by Gasteiger charge is -2.28. The minimum atomic E-state index is -3.36. The van der Waals surface area contributed by atoms with Gasteiger partial charge in [-0.2, -0.15) is 0 Å². The summed E-state index contributed by atoms with van der Waals surface area (Å²) in [4.78, 5) is 60.5. The largest absolute Gasteiger partial charge is 0.464 e. The number of rotatable bonds is 35. The van der Waals surface area contributed by atoms with Crippen LogP contribution in [0.2, 0.25) is 20.1 Å². The first-order chi connectivity index (χ1) is 54.8. The third-order valence-electron chi connectivity index (χ3n) is 17.4. The Morgan fingerprint density at radius 1 is 0.373 bits per heavy atom. The number of para-hydroxylation sites is 2. The van der Waals surface area contributed by atoms with Gasteiger partial charge in [-0.15, -0.1) is 0 Å². The van der Waals surface area contributed by atoms with Crippen molar-refractivity contribution in [3.8, 4) is 28.7 Å². The topological polar surface area (TPSA) is 323 Å². The first-order valence-corrected chi connectivity index (χ1v) is 49.9. The molecule has 0 amide bonds. The van der Waals surface area contributed by atoms with E-state index in [0.29, 0.717) is 55.4 Å². The zero-order valence-corrected chi connectivity index (χ0v) is 79.7. The maximum Gasteiger partial charge on any atom is 0.323 e. The molecule has 5 aromatic carbocycles. The van der Waals surface area contributed by atoms with Crippen molar-refractivity contribution < 1.29 is 97.5 Å². The van der Waals surface area contributed by atoms with Crippen LogP contribution in [-0.2, 0) is 70.5 Å². The Morgan fingerprint density at radius 2 is 0.686 bits per heavy atom. The monoisotopic (exact) mass is 1830 g/mol. The Hall–Kier alpha value is -5.51. The molecule has 2 fully saturated rings. The highest BCUT2D eigenvalue weighted by atomic mass is 35.5. The summed E-state index contributed by atoms with van der Waals surface area (Å²) in [6, 6.07) is 28.6. The van der Waals surface area contributed by atoms with Gasteiger partial charge in [-0.05, 0) is 204 Å². The maximum absolute atomic E-state index is 13.2. The van der Waals surface area contributed by atoms with E-state index in [9.17, 15) is 51.2 Å². The van der Waals surface area contributed by atoms with E-state index in [1.807, 2.05) is 26.8 Å². The number of carbonyl (C=O) groups excluding carboxylic acids is 5. The van der Waals surface area contributed by atoms with E-state index in [1.165, 1.54) is 43.2 Å². The summed E-state index contributed by atoms with van der Waals surface area (Å²) in [6.07, 6.45) is 9.69. The van der Waals surface area contributed by atoms with Gasteiger partial charge in [0.25, 0.3) is 0 Å². The molecule has 25 nitrogen and oxygen atoms in total. The predicted octanol–water partition coefficient (Wildman–Crippen LogP) is 23.2. The molecule has 0 saturated heterocycles. The van der Waals surface area contributed by atoms with Gasteiger partial charge < -0.3 is 46.3 Å². The van der Waals surface area contributed by atoms with Gasteiger partial charge >= 0.3 is 67.4 Å². The molecule has 0 heterocycles. The van der Waals surface area contributed by atoms with E-state index < -0.39 is 97.5 Å². The summed E-state index contributed by atoms with van der Waals surface area (Å²) in [5, 5.41) is 15.7. The van der Waals surface area contributed by atoms with Gasteiger partial charge in [0, 0.05) is 11.1 Å². The Bertz CT molecular complexity index is 4060. The lowest BCUT2D eigenvalue weighted by molar-refractivity contribution is -0.153. The molecule has 35 heteroatoms. The summed E-state index contributed by atoms with van der Waals surface area (Å²) >= 11 is 23.7. The molecular weight excluding hydrogens is 1700 g/mol. The van der Waals surface area contributed by atoms with Gasteiger partial charge in [-0.3, -0.25) is 46.8 Å². The first-order valence-electron chi connectivity index (χ1n) is 39.9. The fourth-order valence-corrected chi connectivity index (χ4v) is 19.2. The molecule has 118 heavy (non-hydrogen) atoms. The molecule has 2 saturated carbocycles. The minimum Gasteiger partial charge on any atom is -0.464 e. The highest BCUT2D eigenvalue weighted by Gasteiger charge is 2.40. The van der Waals surface area contributed by atoms with Crippen LogP contribution in [-0.4, -0.2) is 119 Å². The van der Waals surface area contributed by atoms with Crippen molar-refractivity contribution in [1.29, 1.82) is 0 Å². The Morgan fingerprint density at radius 3 is 1.03 bits per heavy atom. The Kier molecular flexibility index (Phi) is 46.0. The molecule has 2 aliphatic rings. The van der Waals surface area contributed by atoms with Gasteiger partial charge in [0.15, 0.2) is 0 Å². The van der Waals surface area contributed by atoms with Crippen LogP contribution in [0.3, 0.4) is 0 Å². The highest BCUT2D eigenvalue weighted by molar-refractivity contribution is 7.59. The summed E-state index contributed by atoms with van der Waals surface area (Å²) in [6.45, 7) is 39.0. The molecule has 0 aliphatic heterocycles. The first kappa shape index (κ1) is 107. The molecular formula is C83H127Cl4FN5O20P5. The fourth-order valence-electron chi connectivity index (χ4n) is 10.3. The smallest absolute Gasteiger partial charge is 0.323 e. The molecule has 0 aromatic heterocycles. The molecule has 5 N–H and O–H groups in total. The molecule has 0 bridgehead atoms. The Balaban J connectivity index is 0.000000382. The average Bonchev–Trinajstić information content (AvgIpc) is 0.843. The number of esters is 5. The predicted molar refractivity (Wildman–Crippen MR) is 471 cm³/mol. The van der Waals surface area contributed by atoms with Gasteiger partial charge in [0.2, 0.25) is 0 Å². The minimum absolute atomic E-state index is 0.0267. The number of hydrogen-bond donors (Lipinski definition) is 5. The maximum atomic E-state index is 13.2. The summed E-state index contributed by atoms with van der Waals surface area (Å²) in [5.74, 6) is -0.721. The summed E-state index contributed by atoms with van der Waals surface area (Å²) in [7, 11) is -16.6. The van der Waals surface area contributed by atoms with Crippen molar-refractivity contribution in [3.05, 3.63) is 147 Å². The van der Waals surface area contributed by atoms with Gasteiger partial charge in [-0.25, -0.2) is 29.8 Å². The average molecular weight is 1830 g/mol. The lowest BCUT2D eigenvalue weighted by Crippen LogP contribution is -2.38. The Labute approximate surface area is 719 Å². The zero-order valence-electron chi connectivity index (χ0n) is 72.2. The van der Waals surface area contributed by atoms with Crippen LogP contribution in [0.1, 0.15) is 217 Å². The highest BCUT2D eigenvalue weighted by Crippen LogP contribution is 2.53. The second-order valence-corrected chi connectivity index (χ2v) is 46.9. The normalized spacial score (nSPS) is 17.1. The van der Waals surface area contributed by atoms with Crippen LogP contribution in [0.25, 0.3) is 0 Å². The molecule has 10 atom stereocenters. The van der Waals surface area contributed by atoms with E-state index in [1.54, 1.807) is 216 Å². The molecule has 664 valence electrons. The van der Waals surface area contributed by atoms with Crippen LogP contribution in [0.5, 0.6) is 28.7 Å². The van der Waals surface area contributed by atoms with Gasteiger partial charge in [0.1, 0.15) is 77.0 Å². The standard InChI is InChI=1S/C18H27ClNO4P.C18H27FNO4P.C17H28NO4P.C15H22Cl2NO4P.C15H23ClNO4P/c2*1-13(2)25(22,24-17-11-9-15(19)10-12-17)20-14(3)18(21)23-16-7-5-4-6-8-16;1-13(2)23(20,22-15-10-8-7-9-11-15)18-14(3)16(19)21-12-17(4,5)6;1-9(2)21-15(19)11(5)18-23(20,10(3)4)22-12-6-7-13(16)14(17)8-12;1-10(2)20-15(18)12(5)17-22(19,11(3)4)21-14-9-7-6-8-13(14)16/h2*9-14,16H,4-8H2,1-3H3,(H,20,22);7-11,13-14H,12H2,1-6H3,(H,18,20);6-11H,1-5H3,(H,18,20);6-12H,1-5H3,(H,17,19)/t2*14-,25?;14-,23?;11-,23?;12-,22?/m00000/s1. The molecule has 0 spiro atoms. The SMILES string of the molecule is CC(C)OC(=O)[C@H](C)NP(=O)(Oc1ccc(Cl)c(Cl)c1)C(C)C.CC(C)OC(=O)[C@H](C)NP(=O)(Oc1ccccc1Cl)C(C)C.CC(C)P(=O)(N[C@@H](C)C(=O)OC1CCCCC1)Oc1ccc(Cl)cc1.CC(C)P(=O)(N[C@@H](C)C(=O)OC1CCCCC1)Oc1ccc(F)cc1.CC(C)P(=O)(N[C@@H](C)C(=O)OCC(C)(C)C)Oc1ccccc1.